The maximum Gasteiger partial charge on any atom is 0.244 e. The second-order valence-corrected chi connectivity index (χ2v) is 5.60. The number of carbonyl (C=O) groups excluding carboxylic acids is 1. The topological polar surface area (TPSA) is 56.8 Å². The minimum absolute atomic E-state index is 0.0726. The van der Waals surface area contributed by atoms with Gasteiger partial charge in [0.15, 0.2) is 11.5 Å². The molecule has 5 heteroatoms. The molecule has 1 unspecified atom stereocenters. The molecule has 0 aromatic heterocycles. The molecule has 0 radical (unpaired) electrons. The van der Waals surface area contributed by atoms with Crippen molar-refractivity contribution >= 4 is 12.0 Å². The zero-order chi connectivity index (χ0) is 17.2. The minimum atomic E-state index is -0.130. The van der Waals surface area contributed by atoms with E-state index in [9.17, 15) is 4.79 Å². The summed E-state index contributed by atoms with van der Waals surface area (Å²) in [5, 5.41) is 2.89. The van der Waals surface area contributed by atoms with E-state index < -0.39 is 0 Å². The maximum absolute atomic E-state index is 11.9. The predicted octanol–water partition coefficient (Wildman–Crippen LogP) is 3.04. The number of ether oxygens (including phenoxy) is 3. The third-order valence-electron chi connectivity index (χ3n) is 3.12. The zero-order valence-electron chi connectivity index (χ0n) is 14.6. The molecule has 1 N–H and O–H groups in total. The third kappa shape index (κ3) is 7.19. The van der Waals surface area contributed by atoms with Gasteiger partial charge >= 0.3 is 0 Å². The lowest BCUT2D eigenvalue weighted by Gasteiger charge is -2.14. The summed E-state index contributed by atoms with van der Waals surface area (Å²) in [5.74, 6) is 1.21. The van der Waals surface area contributed by atoms with Crippen LogP contribution in [0.5, 0.6) is 11.5 Å². The van der Waals surface area contributed by atoms with Crippen LogP contribution in [0.15, 0.2) is 24.3 Å². The van der Waals surface area contributed by atoms with Crippen molar-refractivity contribution in [2.45, 2.75) is 39.3 Å². The summed E-state index contributed by atoms with van der Waals surface area (Å²) in [5.41, 5.74) is 0.873. The number of methoxy groups -OCH3 is 2. The van der Waals surface area contributed by atoms with Crippen LogP contribution in [0, 0.1) is 0 Å². The number of nitrogens with one attached hydrogen (secondary N) is 1. The molecule has 1 aromatic rings. The van der Waals surface area contributed by atoms with E-state index in [2.05, 4.69) is 5.32 Å². The van der Waals surface area contributed by atoms with Gasteiger partial charge in [0.25, 0.3) is 0 Å². The standard InChI is InChI=1S/C18H27NO4/c1-13(2)23-16-8-6-15(12-17(16)22-5)7-9-18(20)19-14(3)10-11-21-4/h6-9,12-14H,10-11H2,1-5H3,(H,19,20). The number of carbonyl (C=O) groups is 1. The van der Waals surface area contributed by atoms with E-state index in [1.165, 1.54) is 6.08 Å². The maximum atomic E-state index is 11.9. The Morgan fingerprint density at radius 2 is 1.96 bits per heavy atom. The molecule has 5 nitrogen and oxygen atoms in total. The monoisotopic (exact) mass is 321 g/mol. The largest absolute Gasteiger partial charge is 0.493 e. The fourth-order valence-electron chi connectivity index (χ4n) is 1.97. The molecule has 128 valence electrons. The molecule has 0 heterocycles. The Labute approximate surface area is 138 Å². The van der Waals surface area contributed by atoms with Gasteiger partial charge in [-0.2, -0.15) is 0 Å². The first kappa shape index (κ1) is 19.0. The van der Waals surface area contributed by atoms with E-state index in [0.717, 1.165) is 12.0 Å². The van der Waals surface area contributed by atoms with Gasteiger partial charge in [0.1, 0.15) is 0 Å². The average Bonchev–Trinajstić information content (AvgIpc) is 2.51. The third-order valence-corrected chi connectivity index (χ3v) is 3.12. The first-order valence-electron chi connectivity index (χ1n) is 7.78. The Kier molecular flexibility index (Phi) is 8.19. The minimum Gasteiger partial charge on any atom is -0.493 e. The van der Waals surface area contributed by atoms with E-state index >= 15 is 0 Å². The lowest BCUT2D eigenvalue weighted by atomic mass is 10.1. The molecule has 1 rings (SSSR count). The first-order chi connectivity index (χ1) is 11.0. The van der Waals surface area contributed by atoms with E-state index in [1.807, 2.05) is 39.0 Å². The summed E-state index contributed by atoms with van der Waals surface area (Å²) in [6, 6.07) is 5.65. The fraction of sp³-hybridized carbons (Fsp3) is 0.500. The molecule has 1 amide bonds. The van der Waals surface area contributed by atoms with Crippen LogP contribution < -0.4 is 14.8 Å². The van der Waals surface area contributed by atoms with E-state index in [1.54, 1.807) is 20.3 Å². The number of hydrogen-bond donors (Lipinski definition) is 1. The van der Waals surface area contributed by atoms with Crippen LogP contribution in [0.2, 0.25) is 0 Å². The highest BCUT2D eigenvalue weighted by Gasteiger charge is 2.07. The van der Waals surface area contributed by atoms with Gasteiger partial charge in [-0.1, -0.05) is 6.07 Å². The van der Waals surface area contributed by atoms with Crippen LogP contribution in [-0.4, -0.2) is 38.9 Å². The highest BCUT2D eigenvalue weighted by atomic mass is 16.5. The molecule has 1 atom stereocenters. The number of amides is 1. The van der Waals surface area contributed by atoms with Crippen molar-refractivity contribution in [2.75, 3.05) is 20.8 Å². The molecule has 0 aliphatic rings. The molecule has 0 saturated heterocycles. The predicted molar refractivity (Wildman–Crippen MR) is 91.9 cm³/mol. The number of benzene rings is 1. The van der Waals surface area contributed by atoms with E-state index in [0.29, 0.717) is 18.1 Å². The fourth-order valence-corrected chi connectivity index (χ4v) is 1.97. The second kappa shape index (κ2) is 9.90. The number of hydrogen-bond acceptors (Lipinski definition) is 4. The molecule has 0 saturated carbocycles. The highest BCUT2D eigenvalue weighted by molar-refractivity contribution is 5.91. The molecular formula is C18H27NO4. The van der Waals surface area contributed by atoms with Crippen LogP contribution in [0.25, 0.3) is 6.08 Å². The molecule has 0 fully saturated rings. The summed E-state index contributed by atoms with van der Waals surface area (Å²) in [4.78, 5) is 11.9. The van der Waals surface area contributed by atoms with Gasteiger partial charge in [-0.3, -0.25) is 4.79 Å². The first-order valence-corrected chi connectivity index (χ1v) is 7.78. The molecule has 1 aromatic carbocycles. The smallest absolute Gasteiger partial charge is 0.244 e. The van der Waals surface area contributed by atoms with Crippen molar-refractivity contribution in [3.8, 4) is 11.5 Å². The lowest BCUT2D eigenvalue weighted by molar-refractivity contribution is -0.117. The van der Waals surface area contributed by atoms with Crippen molar-refractivity contribution in [2.24, 2.45) is 0 Å². The SMILES string of the molecule is COCCC(C)NC(=O)C=Cc1ccc(OC(C)C)c(OC)c1. The van der Waals surface area contributed by atoms with Crippen LogP contribution in [0.1, 0.15) is 32.8 Å². The van der Waals surface area contributed by atoms with Crippen molar-refractivity contribution in [1.29, 1.82) is 0 Å². The Hall–Kier alpha value is -2.01. The Bertz CT molecular complexity index is 526. The summed E-state index contributed by atoms with van der Waals surface area (Å²) in [7, 11) is 3.24. The van der Waals surface area contributed by atoms with Gasteiger partial charge < -0.3 is 19.5 Å². The van der Waals surface area contributed by atoms with Gasteiger partial charge in [0, 0.05) is 25.8 Å². The summed E-state index contributed by atoms with van der Waals surface area (Å²) in [6.45, 7) is 6.50. The van der Waals surface area contributed by atoms with Crippen molar-refractivity contribution < 1.29 is 19.0 Å². The van der Waals surface area contributed by atoms with Crippen LogP contribution in [-0.2, 0) is 9.53 Å². The van der Waals surface area contributed by atoms with Gasteiger partial charge in [0.2, 0.25) is 5.91 Å². The van der Waals surface area contributed by atoms with Crippen LogP contribution in [0.4, 0.5) is 0 Å². The van der Waals surface area contributed by atoms with Crippen LogP contribution >= 0.6 is 0 Å². The van der Waals surface area contributed by atoms with Crippen molar-refractivity contribution in [3.05, 3.63) is 29.8 Å². The normalized spacial score (nSPS) is 12.4. The van der Waals surface area contributed by atoms with Crippen molar-refractivity contribution in [1.82, 2.24) is 5.32 Å². The number of rotatable bonds is 9. The van der Waals surface area contributed by atoms with Crippen LogP contribution in [0.3, 0.4) is 0 Å². The van der Waals surface area contributed by atoms with Gasteiger partial charge in [-0.15, -0.1) is 0 Å². The average molecular weight is 321 g/mol. The van der Waals surface area contributed by atoms with Crippen molar-refractivity contribution in [3.63, 3.8) is 0 Å². The Balaban J connectivity index is 2.67. The lowest BCUT2D eigenvalue weighted by Crippen LogP contribution is -2.31. The Morgan fingerprint density at radius 1 is 1.22 bits per heavy atom. The molecule has 0 aliphatic heterocycles. The zero-order valence-corrected chi connectivity index (χ0v) is 14.6. The summed E-state index contributed by atoms with van der Waals surface area (Å²) >= 11 is 0. The summed E-state index contributed by atoms with van der Waals surface area (Å²) in [6.07, 6.45) is 4.12. The molecule has 0 bridgehead atoms. The van der Waals surface area contributed by atoms with Gasteiger partial charge in [-0.25, -0.2) is 0 Å². The quantitative estimate of drug-likeness (QED) is 0.710. The molecule has 0 spiro atoms. The molecule has 0 aliphatic carbocycles. The van der Waals surface area contributed by atoms with E-state index in [-0.39, 0.29) is 18.1 Å². The molecular weight excluding hydrogens is 294 g/mol. The van der Waals surface area contributed by atoms with E-state index in [4.69, 9.17) is 14.2 Å². The Morgan fingerprint density at radius 3 is 2.57 bits per heavy atom. The highest BCUT2D eigenvalue weighted by Crippen LogP contribution is 2.29. The molecule has 23 heavy (non-hydrogen) atoms. The van der Waals surface area contributed by atoms with Gasteiger partial charge in [-0.05, 0) is 51.0 Å². The summed E-state index contributed by atoms with van der Waals surface area (Å²) < 4.78 is 16.0. The van der Waals surface area contributed by atoms with Gasteiger partial charge in [0.05, 0.1) is 13.2 Å². The second-order valence-electron chi connectivity index (χ2n) is 5.60.